The summed E-state index contributed by atoms with van der Waals surface area (Å²) in [5.41, 5.74) is 0. The largest absolute Gasteiger partial charge is 0.143 e. The summed E-state index contributed by atoms with van der Waals surface area (Å²) in [4.78, 5) is 1.06. The van der Waals surface area contributed by atoms with E-state index in [0.29, 0.717) is 0 Å². The summed E-state index contributed by atoms with van der Waals surface area (Å²) in [7, 11) is 0. The van der Waals surface area contributed by atoms with Gasteiger partial charge in [-0.25, -0.2) is 0 Å². The second kappa shape index (κ2) is 3.74. The first-order valence-corrected chi connectivity index (χ1v) is 7.13. The third-order valence-corrected chi connectivity index (χ3v) is 4.95. The zero-order valence-corrected chi connectivity index (χ0v) is 11.3. The maximum atomic E-state index is 4.63. The van der Waals surface area contributed by atoms with E-state index in [2.05, 4.69) is 67.2 Å². The Labute approximate surface area is 114 Å². The predicted octanol–water partition coefficient (Wildman–Crippen LogP) is 5.50. The molecular formula is C16H10S2. The van der Waals surface area contributed by atoms with Gasteiger partial charge in [0.2, 0.25) is 0 Å². The zero-order chi connectivity index (χ0) is 12.1. The van der Waals surface area contributed by atoms with Crippen molar-refractivity contribution in [2.24, 2.45) is 0 Å². The summed E-state index contributed by atoms with van der Waals surface area (Å²) in [6.45, 7) is 0. The van der Waals surface area contributed by atoms with Gasteiger partial charge >= 0.3 is 0 Å². The van der Waals surface area contributed by atoms with E-state index >= 15 is 0 Å². The van der Waals surface area contributed by atoms with Gasteiger partial charge in [-0.2, -0.15) is 0 Å². The highest BCUT2D eigenvalue weighted by atomic mass is 32.1. The average molecular weight is 266 g/mol. The molecule has 0 bridgehead atoms. The minimum atomic E-state index is 1.06. The molecule has 0 aliphatic heterocycles. The van der Waals surface area contributed by atoms with Crippen molar-refractivity contribution < 1.29 is 0 Å². The first-order valence-electron chi connectivity index (χ1n) is 5.86. The van der Waals surface area contributed by atoms with E-state index < -0.39 is 0 Å². The molecule has 2 heteroatoms. The van der Waals surface area contributed by atoms with Gasteiger partial charge in [0, 0.05) is 30.5 Å². The molecule has 1 heterocycles. The molecule has 86 valence electrons. The summed E-state index contributed by atoms with van der Waals surface area (Å²) in [5.74, 6) is 0. The number of hydrogen-bond donors (Lipinski definition) is 1. The average Bonchev–Trinajstić information content (AvgIpc) is 2.78. The molecular weight excluding hydrogens is 256 g/mol. The normalized spacial score (nSPS) is 11.6. The monoisotopic (exact) mass is 266 g/mol. The smallest absolute Gasteiger partial charge is 0.0434 e. The number of hydrogen-bond acceptors (Lipinski definition) is 2. The van der Waals surface area contributed by atoms with Crippen LogP contribution in [0.15, 0.2) is 59.5 Å². The van der Waals surface area contributed by atoms with Crippen molar-refractivity contribution in [1.29, 1.82) is 0 Å². The van der Waals surface area contributed by atoms with Gasteiger partial charge in [-0.05, 0) is 17.5 Å². The number of rotatable bonds is 0. The van der Waals surface area contributed by atoms with Gasteiger partial charge in [0.05, 0.1) is 0 Å². The molecule has 3 aromatic carbocycles. The molecule has 0 fully saturated rings. The Balaban J connectivity index is 2.36. The summed E-state index contributed by atoms with van der Waals surface area (Å²) < 4.78 is 2.71. The summed E-state index contributed by atoms with van der Waals surface area (Å²) in [5, 5.41) is 5.19. The van der Waals surface area contributed by atoms with Crippen LogP contribution in [-0.4, -0.2) is 0 Å². The predicted molar refractivity (Wildman–Crippen MR) is 84.1 cm³/mol. The molecule has 1 aromatic heterocycles. The molecule has 0 aliphatic carbocycles. The molecule has 0 nitrogen and oxygen atoms in total. The molecule has 0 saturated heterocycles. The fourth-order valence-electron chi connectivity index (χ4n) is 2.53. The number of thiophene rings is 1. The highest BCUT2D eigenvalue weighted by Gasteiger charge is 2.09. The van der Waals surface area contributed by atoms with Crippen LogP contribution in [-0.2, 0) is 0 Å². The van der Waals surface area contributed by atoms with Gasteiger partial charge in [-0.1, -0.05) is 42.5 Å². The minimum absolute atomic E-state index is 1.06. The number of fused-ring (bicyclic) bond motifs is 5. The van der Waals surface area contributed by atoms with E-state index in [1.165, 1.54) is 30.9 Å². The van der Waals surface area contributed by atoms with Crippen LogP contribution < -0.4 is 0 Å². The minimum Gasteiger partial charge on any atom is -0.143 e. The fourth-order valence-corrected chi connectivity index (χ4v) is 4.07. The maximum absolute atomic E-state index is 4.63. The van der Waals surface area contributed by atoms with Crippen LogP contribution in [0.3, 0.4) is 0 Å². The third-order valence-electron chi connectivity index (χ3n) is 3.36. The van der Waals surface area contributed by atoms with Gasteiger partial charge < -0.3 is 0 Å². The molecule has 4 aromatic rings. The molecule has 0 radical (unpaired) electrons. The first-order chi connectivity index (χ1) is 8.84. The molecule has 18 heavy (non-hydrogen) atoms. The fraction of sp³-hybridized carbons (Fsp3) is 0. The second-order valence-corrected chi connectivity index (χ2v) is 5.95. The van der Waals surface area contributed by atoms with Crippen LogP contribution in [0.1, 0.15) is 0 Å². The van der Waals surface area contributed by atoms with E-state index in [0.717, 1.165) is 4.90 Å². The van der Waals surface area contributed by atoms with Gasteiger partial charge in [0.25, 0.3) is 0 Å². The van der Waals surface area contributed by atoms with Gasteiger partial charge in [-0.15, -0.1) is 24.0 Å². The van der Waals surface area contributed by atoms with Crippen LogP contribution in [0, 0.1) is 0 Å². The molecule has 4 rings (SSSR count). The van der Waals surface area contributed by atoms with Crippen molar-refractivity contribution in [3.05, 3.63) is 54.6 Å². The molecule has 0 spiro atoms. The molecule has 0 saturated carbocycles. The Hall–Kier alpha value is -1.51. The lowest BCUT2D eigenvalue weighted by molar-refractivity contribution is 1.62. The first kappa shape index (κ1) is 10.4. The van der Waals surface area contributed by atoms with Gasteiger partial charge in [0.1, 0.15) is 0 Å². The molecule has 0 aliphatic rings. The highest BCUT2D eigenvalue weighted by molar-refractivity contribution is 7.80. The quantitative estimate of drug-likeness (QED) is 0.399. The van der Waals surface area contributed by atoms with Gasteiger partial charge in [0.15, 0.2) is 0 Å². The van der Waals surface area contributed by atoms with E-state index in [1.54, 1.807) is 0 Å². The van der Waals surface area contributed by atoms with E-state index in [9.17, 15) is 0 Å². The standard InChI is InChI=1S/C16H10S2/c17-14-9-13-11-6-3-4-8-15(11)18-16(13)12-7-2-1-5-10(12)14/h1-9,17H. The Morgan fingerprint density at radius 2 is 1.39 bits per heavy atom. The Morgan fingerprint density at radius 1 is 0.722 bits per heavy atom. The Bertz CT molecular complexity index is 887. The summed E-state index contributed by atoms with van der Waals surface area (Å²) in [6.07, 6.45) is 0. The molecule has 0 amide bonds. The number of benzene rings is 3. The molecule has 0 unspecified atom stereocenters. The lowest BCUT2D eigenvalue weighted by Crippen LogP contribution is -1.75. The van der Waals surface area contributed by atoms with Crippen LogP contribution in [0.25, 0.3) is 30.9 Å². The second-order valence-electron chi connectivity index (χ2n) is 4.42. The van der Waals surface area contributed by atoms with Crippen molar-refractivity contribution in [3.8, 4) is 0 Å². The van der Waals surface area contributed by atoms with E-state index in [4.69, 9.17) is 0 Å². The lowest BCUT2D eigenvalue weighted by atomic mass is 10.1. The van der Waals surface area contributed by atoms with Crippen molar-refractivity contribution in [2.75, 3.05) is 0 Å². The van der Waals surface area contributed by atoms with Crippen molar-refractivity contribution >= 4 is 54.9 Å². The lowest BCUT2D eigenvalue weighted by Gasteiger charge is -2.02. The van der Waals surface area contributed by atoms with Crippen LogP contribution >= 0.6 is 24.0 Å². The van der Waals surface area contributed by atoms with Crippen LogP contribution in [0.4, 0.5) is 0 Å². The molecule has 0 atom stereocenters. The SMILES string of the molecule is Sc1cc2c3ccccc3sc2c2ccccc12. The maximum Gasteiger partial charge on any atom is 0.0434 e. The molecule has 0 N–H and O–H groups in total. The summed E-state index contributed by atoms with van der Waals surface area (Å²) in [6, 6.07) is 19.3. The van der Waals surface area contributed by atoms with Crippen LogP contribution in [0.2, 0.25) is 0 Å². The number of thiol groups is 1. The van der Waals surface area contributed by atoms with Crippen molar-refractivity contribution in [3.63, 3.8) is 0 Å². The summed E-state index contributed by atoms with van der Waals surface area (Å²) >= 11 is 6.50. The van der Waals surface area contributed by atoms with Crippen molar-refractivity contribution in [2.45, 2.75) is 4.90 Å². The Kier molecular flexibility index (Phi) is 2.16. The van der Waals surface area contributed by atoms with Crippen LogP contribution in [0.5, 0.6) is 0 Å². The Morgan fingerprint density at radius 3 is 2.22 bits per heavy atom. The van der Waals surface area contributed by atoms with Gasteiger partial charge in [-0.3, -0.25) is 0 Å². The zero-order valence-electron chi connectivity index (χ0n) is 9.55. The topological polar surface area (TPSA) is 0 Å². The third kappa shape index (κ3) is 1.33. The van der Waals surface area contributed by atoms with E-state index in [-0.39, 0.29) is 0 Å². The highest BCUT2D eigenvalue weighted by Crippen LogP contribution is 2.40. The van der Waals surface area contributed by atoms with E-state index in [1.807, 2.05) is 11.3 Å². The van der Waals surface area contributed by atoms with Crippen molar-refractivity contribution in [1.82, 2.24) is 0 Å².